The first-order valence-electron chi connectivity index (χ1n) is 5.61. The number of aryl methyl sites for hydroxylation is 1. The number of carbonyl (C=O) groups is 1. The van der Waals surface area contributed by atoms with Gasteiger partial charge in [-0.25, -0.2) is 0 Å². The summed E-state index contributed by atoms with van der Waals surface area (Å²) in [5.41, 5.74) is 7.30. The molecule has 0 spiro atoms. The van der Waals surface area contributed by atoms with Crippen molar-refractivity contribution < 1.29 is 9.53 Å². The molecule has 0 saturated carbocycles. The maximum atomic E-state index is 12.1. The van der Waals surface area contributed by atoms with E-state index in [1.54, 1.807) is 31.2 Å². The molecule has 1 unspecified atom stereocenters. The van der Waals surface area contributed by atoms with Crippen LogP contribution >= 0.6 is 0 Å². The summed E-state index contributed by atoms with van der Waals surface area (Å²) in [6.45, 7) is 4.35. The Kier molecular flexibility index (Phi) is 4.52. The molecule has 0 fully saturated rings. The standard InChI is InChI=1S/C13H20N2O2/c1-9-5-6-11(7-12(9)17-4)13(16)15(3)8-10(2)14/h5-7,10H,8,14H2,1-4H3. The Labute approximate surface area is 102 Å². The first-order valence-corrected chi connectivity index (χ1v) is 5.61. The van der Waals surface area contributed by atoms with Gasteiger partial charge in [-0.1, -0.05) is 6.07 Å². The minimum atomic E-state index is -0.0411. The van der Waals surface area contributed by atoms with Gasteiger partial charge >= 0.3 is 0 Å². The summed E-state index contributed by atoms with van der Waals surface area (Å²) in [5.74, 6) is 0.686. The van der Waals surface area contributed by atoms with Gasteiger partial charge in [0.1, 0.15) is 5.75 Å². The lowest BCUT2D eigenvalue weighted by Gasteiger charge is -2.19. The Bertz CT molecular complexity index is 402. The van der Waals surface area contributed by atoms with Crippen LogP contribution in [0.4, 0.5) is 0 Å². The van der Waals surface area contributed by atoms with Gasteiger partial charge in [-0.05, 0) is 31.5 Å². The van der Waals surface area contributed by atoms with Gasteiger partial charge in [0.15, 0.2) is 0 Å². The van der Waals surface area contributed by atoms with Crippen molar-refractivity contribution in [3.63, 3.8) is 0 Å². The molecular formula is C13H20N2O2. The topological polar surface area (TPSA) is 55.6 Å². The van der Waals surface area contributed by atoms with Gasteiger partial charge in [0.25, 0.3) is 5.91 Å². The summed E-state index contributed by atoms with van der Waals surface area (Å²) >= 11 is 0. The summed E-state index contributed by atoms with van der Waals surface area (Å²) in [6.07, 6.45) is 0. The molecule has 1 aromatic carbocycles. The van der Waals surface area contributed by atoms with E-state index in [1.807, 2.05) is 19.9 Å². The highest BCUT2D eigenvalue weighted by atomic mass is 16.5. The third-order valence-corrected chi connectivity index (χ3v) is 2.56. The van der Waals surface area contributed by atoms with Crippen LogP contribution in [-0.2, 0) is 0 Å². The number of hydrogen-bond donors (Lipinski definition) is 1. The van der Waals surface area contributed by atoms with Crippen molar-refractivity contribution in [1.82, 2.24) is 4.90 Å². The third-order valence-electron chi connectivity index (χ3n) is 2.56. The van der Waals surface area contributed by atoms with E-state index in [4.69, 9.17) is 10.5 Å². The molecule has 1 rings (SSSR count). The van der Waals surface area contributed by atoms with Crippen LogP contribution in [0.15, 0.2) is 18.2 Å². The van der Waals surface area contributed by atoms with Gasteiger partial charge in [0.2, 0.25) is 0 Å². The largest absolute Gasteiger partial charge is 0.496 e. The number of amides is 1. The number of ether oxygens (including phenoxy) is 1. The first-order chi connectivity index (χ1) is 7.95. The van der Waals surface area contributed by atoms with Crippen LogP contribution in [0.2, 0.25) is 0 Å². The molecule has 94 valence electrons. The lowest BCUT2D eigenvalue weighted by Crippen LogP contribution is -2.36. The molecular weight excluding hydrogens is 216 g/mol. The van der Waals surface area contributed by atoms with E-state index < -0.39 is 0 Å². The van der Waals surface area contributed by atoms with Crippen molar-refractivity contribution in [2.75, 3.05) is 20.7 Å². The maximum Gasteiger partial charge on any atom is 0.253 e. The minimum Gasteiger partial charge on any atom is -0.496 e. The molecule has 1 amide bonds. The molecule has 4 heteroatoms. The number of nitrogens with two attached hydrogens (primary N) is 1. The van der Waals surface area contributed by atoms with Crippen molar-refractivity contribution in [3.05, 3.63) is 29.3 Å². The van der Waals surface area contributed by atoms with Gasteiger partial charge in [0.05, 0.1) is 7.11 Å². The fourth-order valence-corrected chi connectivity index (χ4v) is 1.69. The van der Waals surface area contributed by atoms with Crippen molar-refractivity contribution in [2.24, 2.45) is 5.73 Å². The summed E-state index contributed by atoms with van der Waals surface area (Å²) in [6, 6.07) is 5.41. The summed E-state index contributed by atoms with van der Waals surface area (Å²) < 4.78 is 5.20. The molecule has 4 nitrogen and oxygen atoms in total. The monoisotopic (exact) mass is 236 g/mol. The number of methoxy groups -OCH3 is 1. The molecule has 0 bridgehead atoms. The van der Waals surface area contributed by atoms with Gasteiger partial charge in [-0.2, -0.15) is 0 Å². The van der Waals surface area contributed by atoms with E-state index in [0.717, 1.165) is 11.3 Å². The second-order valence-electron chi connectivity index (χ2n) is 4.35. The zero-order chi connectivity index (χ0) is 13.0. The van der Waals surface area contributed by atoms with Crippen molar-refractivity contribution in [2.45, 2.75) is 19.9 Å². The summed E-state index contributed by atoms with van der Waals surface area (Å²) in [4.78, 5) is 13.7. The van der Waals surface area contributed by atoms with Crippen LogP contribution in [0.1, 0.15) is 22.8 Å². The third kappa shape index (κ3) is 3.46. The highest BCUT2D eigenvalue weighted by Crippen LogP contribution is 2.19. The van der Waals surface area contributed by atoms with Crippen molar-refractivity contribution in [1.29, 1.82) is 0 Å². The molecule has 1 atom stereocenters. The van der Waals surface area contributed by atoms with E-state index in [9.17, 15) is 4.79 Å². The molecule has 1 aromatic rings. The number of benzene rings is 1. The van der Waals surface area contributed by atoms with E-state index in [0.29, 0.717) is 12.1 Å². The normalized spacial score (nSPS) is 12.1. The zero-order valence-electron chi connectivity index (χ0n) is 10.9. The molecule has 0 heterocycles. The van der Waals surface area contributed by atoms with Crippen LogP contribution in [-0.4, -0.2) is 37.6 Å². The quantitative estimate of drug-likeness (QED) is 0.860. The maximum absolute atomic E-state index is 12.1. The Balaban J connectivity index is 2.89. The van der Waals surface area contributed by atoms with Crippen LogP contribution in [0.5, 0.6) is 5.75 Å². The van der Waals surface area contributed by atoms with Crippen molar-refractivity contribution >= 4 is 5.91 Å². The average molecular weight is 236 g/mol. The predicted octanol–water partition coefficient (Wildman–Crippen LogP) is 1.42. The first kappa shape index (κ1) is 13.5. The highest BCUT2D eigenvalue weighted by Gasteiger charge is 2.14. The van der Waals surface area contributed by atoms with E-state index in [1.165, 1.54) is 0 Å². The summed E-state index contributed by atoms with van der Waals surface area (Å²) in [5, 5.41) is 0. The zero-order valence-corrected chi connectivity index (χ0v) is 10.9. The number of rotatable bonds is 4. The second-order valence-corrected chi connectivity index (χ2v) is 4.35. The Morgan fingerprint density at radius 3 is 2.71 bits per heavy atom. The molecule has 17 heavy (non-hydrogen) atoms. The Hall–Kier alpha value is -1.55. The highest BCUT2D eigenvalue weighted by molar-refractivity contribution is 5.94. The minimum absolute atomic E-state index is 0.0312. The van der Waals surface area contributed by atoms with Gasteiger partial charge in [0, 0.05) is 25.2 Å². The molecule has 2 N–H and O–H groups in total. The molecule has 0 saturated heterocycles. The van der Waals surface area contributed by atoms with Crippen LogP contribution in [0.3, 0.4) is 0 Å². The fraction of sp³-hybridized carbons (Fsp3) is 0.462. The van der Waals surface area contributed by atoms with E-state index >= 15 is 0 Å². The van der Waals surface area contributed by atoms with Crippen LogP contribution in [0, 0.1) is 6.92 Å². The van der Waals surface area contributed by atoms with Crippen LogP contribution < -0.4 is 10.5 Å². The van der Waals surface area contributed by atoms with Crippen LogP contribution in [0.25, 0.3) is 0 Å². The van der Waals surface area contributed by atoms with Crippen molar-refractivity contribution in [3.8, 4) is 5.75 Å². The van der Waals surface area contributed by atoms with Gasteiger partial charge in [-0.15, -0.1) is 0 Å². The molecule has 0 aliphatic rings. The SMILES string of the molecule is COc1cc(C(=O)N(C)CC(C)N)ccc1C. The molecule has 0 radical (unpaired) electrons. The Morgan fingerprint density at radius 2 is 2.18 bits per heavy atom. The molecule has 0 aromatic heterocycles. The smallest absolute Gasteiger partial charge is 0.253 e. The lowest BCUT2D eigenvalue weighted by molar-refractivity contribution is 0.0788. The summed E-state index contributed by atoms with van der Waals surface area (Å²) in [7, 11) is 3.35. The van der Waals surface area contributed by atoms with E-state index in [2.05, 4.69) is 0 Å². The molecule has 0 aliphatic carbocycles. The Morgan fingerprint density at radius 1 is 1.53 bits per heavy atom. The van der Waals surface area contributed by atoms with E-state index in [-0.39, 0.29) is 11.9 Å². The van der Waals surface area contributed by atoms with Gasteiger partial charge in [-0.3, -0.25) is 4.79 Å². The number of hydrogen-bond acceptors (Lipinski definition) is 3. The lowest BCUT2D eigenvalue weighted by atomic mass is 10.1. The fourth-order valence-electron chi connectivity index (χ4n) is 1.69. The average Bonchev–Trinajstić information content (AvgIpc) is 2.27. The number of likely N-dealkylation sites (N-methyl/N-ethyl adjacent to an activating group) is 1. The number of nitrogens with zero attached hydrogens (tertiary/aromatic N) is 1. The number of carbonyl (C=O) groups excluding carboxylic acids is 1. The predicted molar refractivity (Wildman–Crippen MR) is 68.3 cm³/mol. The molecule has 0 aliphatic heterocycles. The van der Waals surface area contributed by atoms with Gasteiger partial charge < -0.3 is 15.4 Å². The second kappa shape index (κ2) is 5.68.